The van der Waals surface area contributed by atoms with E-state index in [1.807, 2.05) is 55.5 Å². The van der Waals surface area contributed by atoms with Crippen LogP contribution in [0, 0.1) is 25.2 Å². The molecule has 118 valence electrons. The van der Waals surface area contributed by atoms with Gasteiger partial charge in [0.1, 0.15) is 11.9 Å². The monoisotopic (exact) mass is 313 g/mol. The van der Waals surface area contributed by atoms with Crippen LogP contribution in [-0.4, -0.2) is 9.97 Å². The largest absolute Gasteiger partial charge is 0.337 e. The van der Waals surface area contributed by atoms with E-state index in [2.05, 4.69) is 36.0 Å². The predicted molar refractivity (Wildman–Crippen MR) is 99.3 cm³/mol. The number of benzene rings is 2. The Balaban J connectivity index is 1.99. The number of aromatic nitrogens is 2. The molecule has 0 saturated heterocycles. The second kappa shape index (κ2) is 6.55. The van der Waals surface area contributed by atoms with Crippen LogP contribution in [-0.2, 0) is 0 Å². The summed E-state index contributed by atoms with van der Waals surface area (Å²) in [5.41, 5.74) is 6.90. The van der Waals surface area contributed by atoms with Gasteiger partial charge in [0.05, 0.1) is 16.6 Å². The second-order valence-electron chi connectivity index (χ2n) is 6.01. The summed E-state index contributed by atoms with van der Waals surface area (Å²) in [7, 11) is 0. The summed E-state index contributed by atoms with van der Waals surface area (Å²) in [6, 6.07) is 16.4. The van der Waals surface area contributed by atoms with Crippen molar-refractivity contribution in [3.05, 3.63) is 76.6 Å². The number of allylic oxidation sites excluding steroid dienone is 3. The lowest BCUT2D eigenvalue weighted by atomic mass is 10.1. The van der Waals surface area contributed by atoms with E-state index in [0.29, 0.717) is 11.4 Å². The molecular formula is C21H19N3. The number of nitriles is 1. The van der Waals surface area contributed by atoms with Crippen molar-refractivity contribution >= 4 is 22.7 Å². The molecule has 0 aliphatic heterocycles. The van der Waals surface area contributed by atoms with E-state index >= 15 is 0 Å². The Morgan fingerprint density at radius 2 is 1.83 bits per heavy atom. The standard InChI is InChI=1S/C21H19N3/c1-14(9-17-7-5-4-6-8-17)10-18(13-22)21-23-19-11-15(2)16(3)12-20(19)24-21/h4-12H,1-3H3,(H,23,24)/b14-9+,18-10+. The van der Waals surface area contributed by atoms with E-state index < -0.39 is 0 Å². The highest BCUT2D eigenvalue weighted by Crippen LogP contribution is 2.21. The molecule has 3 nitrogen and oxygen atoms in total. The fourth-order valence-electron chi connectivity index (χ4n) is 2.63. The first-order chi connectivity index (χ1) is 11.6. The van der Waals surface area contributed by atoms with E-state index in [1.165, 1.54) is 11.1 Å². The van der Waals surface area contributed by atoms with Gasteiger partial charge >= 0.3 is 0 Å². The van der Waals surface area contributed by atoms with Gasteiger partial charge in [-0.2, -0.15) is 5.26 Å². The minimum Gasteiger partial charge on any atom is -0.337 e. The molecule has 3 aromatic rings. The Hall–Kier alpha value is -3.12. The third-order valence-corrected chi connectivity index (χ3v) is 4.04. The fourth-order valence-corrected chi connectivity index (χ4v) is 2.63. The summed E-state index contributed by atoms with van der Waals surface area (Å²) in [6.45, 7) is 6.13. The smallest absolute Gasteiger partial charge is 0.149 e. The lowest BCUT2D eigenvalue weighted by Crippen LogP contribution is -1.85. The number of hydrogen-bond donors (Lipinski definition) is 1. The van der Waals surface area contributed by atoms with Gasteiger partial charge in [-0.1, -0.05) is 36.4 Å². The molecule has 0 unspecified atom stereocenters. The molecular weight excluding hydrogens is 294 g/mol. The highest BCUT2D eigenvalue weighted by Gasteiger charge is 2.09. The van der Waals surface area contributed by atoms with Gasteiger partial charge in [0.15, 0.2) is 0 Å². The molecule has 3 rings (SSSR count). The van der Waals surface area contributed by atoms with Crippen LogP contribution in [0.3, 0.4) is 0 Å². The van der Waals surface area contributed by atoms with Crippen molar-refractivity contribution in [2.45, 2.75) is 20.8 Å². The van der Waals surface area contributed by atoms with E-state index in [1.54, 1.807) is 0 Å². The highest BCUT2D eigenvalue weighted by atomic mass is 14.9. The lowest BCUT2D eigenvalue weighted by Gasteiger charge is -1.97. The summed E-state index contributed by atoms with van der Waals surface area (Å²) < 4.78 is 0. The fraction of sp³-hybridized carbons (Fsp3) is 0.143. The maximum Gasteiger partial charge on any atom is 0.149 e. The van der Waals surface area contributed by atoms with Crippen LogP contribution in [0.2, 0.25) is 0 Å². The van der Waals surface area contributed by atoms with Crippen molar-refractivity contribution < 1.29 is 0 Å². The Morgan fingerprint density at radius 1 is 1.12 bits per heavy atom. The van der Waals surface area contributed by atoms with Gasteiger partial charge in [-0.15, -0.1) is 0 Å². The van der Waals surface area contributed by atoms with Crippen LogP contribution in [0.25, 0.3) is 22.7 Å². The van der Waals surface area contributed by atoms with Crippen LogP contribution in [0.1, 0.15) is 29.4 Å². The number of nitrogens with zero attached hydrogens (tertiary/aromatic N) is 2. The van der Waals surface area contributed by atoms with Crippen LogP contribution in [0.4, 0.5) is 0 Å². The van der Waals surface area contributed by atoms with Crippen molar-refractivity contribution in [1.82, 2.24) is 9.97 Å². The summed E-state index contributed by atoms with van der Waals surface area (Å²) in [4.78, 5) is 7.83. The van der Waals surface area contributed by atoms with E-state index in [0.717, 1.165) is 22.2 Å². The second-order valence-corrected chi connectivity index (χ2v) is 6.01. The number of hydrogen-bond acceptors (Lipinski definition) is 2. The topological polar surface area (TPSA) is 52.5 Å². The first kappa shape index (κ1) is 15.8. The van der Waals surface area contributed by atoms with Gasteiger partial charge in [0.2, 0.25) is 0 Å². The van der Waals surface area contributed by atoms with Crippen molar-refractivity contribution in [2.24, 2.45) is 0 Å². The van der Waals surface area contributed by atoms with Crippen molar-refractivity contribution in [3.8, 4) is 6.07 Å². The van der Waals surface area contributed by atoms with Crippen LogP contribution >= 0.6 is 0 Å². The van der Waals surface area contributed by atoms with Gasteiger partial charge in [-0.3, -0.25) is 0 Å². The zero-order valence-corrected chi connectivity index (χ0v) is 14.1. The van der Waals surface area contributed by atoms with Crippen molar-refractivity contribution in [2.75, 3.05) is 0 Å². The number of fused-ring (bicyclic) bond motifs is 1. The van der Waals surface area contributed by atoms with E-state index in [9.17, 15) is 5.26 Å². The third kappa shape index (κ3) is 3.28. The minimum absolute atomic E-state index is 0.534. The molecule has 0 aliphatic rings. The highest BCUT2D eigenvalue weighted by molar-refractivity contribution is 5.84. The Kier molecular flexibility index (Phi) is 4.31. The maximum atomic E-state index is 9.52. The molecule has 0 bridgehead atoms. The first-order valence-electron chi connectivity index (χ1n) is 7.89. The summed E-state index contributed by atoms with van der Waals surface area (Å²) >= 11 is 0. The average molecular weight is 313 g/mol. The van der Waals surface area contributed by atoms with Gasteiger partial charge in [-0.05, 0) is 61.2 Å². The molecule has 1 N–H and O–H groups in total. The quantitative estimate of drug-likeness (QED) is 0.534. The number of rotatable bonds is 3. The van der Waals surface area contributed by atoms with Gasteiger partial charge < -0.3 is 4.98 Å². The molecule has 1 aromatic heterocycles. The van der Waals surface area contributed by atoms with Crippen molar-refractivity contribution in [1.29, 1.82) is 5.26 Å². The van der Waals surface area contributed by atoms with E-state index in [4.69, 9.17) is 0 Å². The van der Waals surface area contributed by atoms with Gasteiger partial charge in [-0.25, -0.2) is 4.98 Å². The number of aromatic amines is 1. The molecule has 1 heterocycles. The predicted octanol–water partition coefficient (Wildman–Crippen LogP) is 5.19. The molecule has 0 spiro atoms. The Morgan fingerprint density at radius 3 is 2.54 bits per heavy atom. The van der Waals surface area contributed by atoms with E-state index in [-0.39, 0.29) is 0 Å². The average Bonchev–Trinajstić information content (AvgIpc) is 2.96. The molecule has 0 amide bonds. The molecule has 2 aromatic carbocycles. The van der Waals surface area contributed by atoms with Crippen LogP contribution in [0.5, 0.6) is 0 Å². The first-order valence-corrected chi connectivity index (χ1v) is 7.89. The summed E-state index contributed by atoms with van der Waals surface area (Å²) in [5.74, 6) is 0.610. The number of imidazole rings is 1. The number of aryl methyl sites for hydroxylation is 2. The number of H-pyrrole nitrogens is 1. The zero-order valence-electron chi connectivity index (χ0n) is 14.1. The van der Waals surface area contributed by atoms with Gasteiger partial charge in [0, 0.05) is 0 Å². The Labute approximate surface area is 142 Å². The SMILES string of the molecule is CC(=C\c1ccccc1)/C=C(\C#N)c1nc2cc(C)c(C)cc2[nH]1. The zero-order chi connectivity index (χ0) is 17.1. The molecule has 0 fully saturated rings. The minimum atomic E-state index is 0.534. The molecule has 0 radical (unpaired) electrons. The normalized spacial score (nSPS) is 12.4. The summed E-state index contributed by atoms with van der Waals surface area (Å²) in [5, 5.41) is 9.52. The molecule has 24 heavy (non-hydrogen) atoms. The van der Waals surface area contributed by atoms with Gasteiger partial charge in [0.25, 0.3) is 0 Å². The molecule has 0 saturated carbocycles. The lowest BCUT2D eigenvalue weighted by molar-refractivity contribution is 1.27. The maximum absolute atomic E-state index is 9.52. The molecule has 0 aliphatic carbocycles. The molecule has 3 heteroatoms. The Bertz CT molecular complexity index is 944. The number of nitrogens with one attached hydrogen (secondary N) is 1. The summed E-state index contributed by atoms with van der Waals surface area (Å²) in [6.07, 6.45) is 3.92. The third-order valence-electron chi connectivity index (χ3n) is 4.04. The van der Waals surface area contributed by atoms with Crippen LogP contribution in [0.15, 0.2) is 54.1 Å². The molecule has 0 atom stereocenters. The van der Waals surface area contributed by atoms with Crippen LogP contribution < -0.4 is 0 Å². The van der Waals surface area contributed by atoms with Crippen molar-refractivity contribution in [3.63, 3.8) is 0 Å².